The predicted octanol–water partition coefficient (Wildman–Crippen LogP) is 2.37. The monoisotopic (exact) mass is 194 g/mol. The van der Waals surface area contributed by atoms with E-state index in [1.165, 1.54) is 0 Å². The van der Waals surface area contributed by atoms with Crippen LogP contribution in [0.25, 0.3) is 0 Å². The summed E-state index contributed by atoms with van der Waals surface area (Å²) in [5, 5.41) is 0. The molecule has 0 unspecified atom stereocenters. The average molecular weight is 194 g/mol. The van der Waals surface area contributed by atoms with Crippen molar-refractivity contribution in [3.8, 4) is 0 Å². The minimum atomic E-state index is -0.0950. The molecule has 1 aromatic heterocycles. The Hall–Kier alpha value is -1.09. The summed E-state index contributed by atoms with van der Waals surface area (Å²) in [6.07, 6.45) is 2.66. The van der Waals surface area contributed by atoms with Gasteiger partial charge in [-0.25, -0.2) is 4.98 Å². The first kappa shape index (κ1) is 11.0. The van der Waals surface area contributed by atoms with Gasteiger partial charge in [-0.05, 0) is 26.3 Å². The lowest BCUT2D eigenvalue weighted by Crippen LogP contribution is -2.23. The number of hydrogen-bond donors (Lipinski definition) is 1. The van der Waals surface area contributed by atoms with Gasteiger partial charge in [0.05, 0.1) is 12.2 Å². The topological polar surface area (TPSA) is 48.1 Å². The second-order valence-corrected chi connectivity index (χ2v) is 3.95. The number of pyridine rings is 1. The standard InChI is InChI=1S/C11H18N2O/c1-4-11(2,3)14-8-9-6-5-7-13-10(9)12/h5-7H,4,8H2,1-3H3,(H2,12,13). The Morgan fingerprint density at radius 2 is 2.21 bits per heavy atom. The van der Waals surface area contributed by atoms with E-state index >= 15 is 0 Å². The molecule has 0 aliphatic carbocycles. The third-order valence-electron chi connectivity index (χ3n) is 2.40. The van der Waals surface area contributed by atoms with Crippen molar-refractivity contribution in [3.05, 3.63) is 23.9 Å². The molecule has 0 aliphatic heterocycles. The van der Waals surface area contributed by atoms with Gasteiger partial charge in [-0.15, -0.1) is 0 Å². The van der Waals surface area contributed by atoms with Crippen LogP contribution in [0.3, 0.4) is 0 Å². The first-order valence-electron chi connectivity index (χ1n) is 4.88. The zero-order valence-corrected chi connectivity index (χ0v) is 9.08. The van der Waals surface area contributed by atoms with E-state index in [2.05, 4.69) is 25.8 Å². The van der Waals surface area contributed by atoms with Gasteiger partial charge < -0.3 is 10.5 Å². The zero-order chi connectivity index (χ0) is 10.6. The van der Waals surface area contributed by atoms with Gasteiger partial charge >= 0.3 is 0 Å². The number of anilines is 1. The maximum Gasteiger partial charge on any atom is 0.128 e. The lowest BCUT2D eigenvalue weighted by atomic mass is 10.1. The van der Waals surface area contributed by atoms with E-state index in [0.717, 1.165) is 12.0 Å². The fourth-order valence-electron chi connectivity index (χ4n) is 0.948. The van der Waals surface area contributed by atoms with Crippen molar-refractivity contribution in [2.45, 2.75) is 39.4 Å². The molecule has 0 bridgehead atoms. The maximum atomic E-state index is 5.73. The van der Waals surface area contributed by atoms with Crippen LogP contribution in [-0.4, -0.2) is 10.6 Å². The largest absolute Gasteiger partial charge is 0.383 e. The molecule has 78 valence electrons. The van der Waals surface area contributed by atoms with Crippen LogP contribution in [-0.2, 0) is 11.3 Å². The van der Waals surface area contributed by atoms with Gasteiger partial charge in [-0.2, -0.15) is 0 Å². The summed E-state index contributed by atoms with van der Waals surface area (Å²) in [6, 6.07) is 3.81. The van der Waals surface area contributed by atoms with Crippen LogP contribution < -0.4 is 5.73 Å². The molecule has 0 fully saturated rings. The van der Waals surface area contributed by atoms with Crippen LogP contribution in [0.5, 0.6) is 0 Å². The lowest BCUT2D eigenvalue weighted by Gasteiger charge is -2.23. The van der Waals surface area contributed by atoms with Gasteiger partial charge in [0.1, 0.15) is 5.82 Å². The van der Waals surface area contributed by atoms with Crippen LogP contribution >= 0.6 is 0 Å². The Labute approximate surface area is 85.3 Å². The van der Waals surface area contributed by atoms with Gasteiger partial charge in [0.2, 0.25) is 0 Å². The quantitative estimate of drug-likeness (QED) is 0.800. The van der Waals surface area contributed by atoms with E-state index < -0.39 is 0 Å². The van der Waals surface area contributed by atoms with Crippen molar-refractivity contribution < 1.29 is 4.74 Å². The number of nitrogens with two attached hydrogens (primary N) is 1. The van der Waals surface area contributed by atoms with Crippen molar-refractivity contribution in [1.29, 1.82) is 0 Å². The van der Waals surface area contributed by atoms with Gasteiger partial charge in [0.25, 0.3) is 0 Å². The van der Waals surface area contributed by atoms with Crippen molar-refractivity contribution in [1.82, 2.24) is 4.98 Å². The number of hydrogen-bond acceptors (Lipinski definition) is 3. The molecule has 0 radical (unpaired) electrons. The van der Waals surface area contributed by atoms with Gasteiger partial charge in [-0.3, -0.25) is 0 Å². The summed E-state index contributed by atoms with van der Waals surface area (Å²) in [7, 11) is 0. The highest BCUT2D eigenvalue weighted by Crippen LogP contribution is 2.18. The van der Waals surface area contributed by atoms with Crippen LogP contribution in [0.2, 0.25) is 0 Å². The second-order valence-electron chi connectivity index (χ2n) is 3.95. The summed E-state index contributed by atoms with van der Waals surface area (Å²) in [6.45, 7) is 6.77. The smallest absolute Gasteiger partial charge is 0.128 e. The molecule has 0 aromatic carbocycles. The van der Waals surface area contributed by atoms with Crippen molar-refractivity contribution in [3.63, 3.8) is 0 Å². The molecule has 0 spiro atoms. The number of aromatic nitrogens is 1. The van der Waals surface area contributed by atoms with E-state index in [4.69, 9.17) is 10.5 Å². The summed E-state index contributed by atoms with van der Waals surface area (Å²) < 4.78 is 5.73. The molecular formula is C11H18N2O. The molecule has 1 heterocycles. The number of rotatable bonds is 4. The van der Waals surface area contributed by atoms with Crippen LogP contribution in [0.4, 0.5) is 5.82 Å². The first-order valence-corrected chi connectivity index (χ1v) is 4.88. The van der Waals surface area contributed by atoms with E-state index in [0.29, 0.717) is 12.4 Å². The highest BCUT2D eigenvalue weighted by Gasteiger charge is 2.15. The Morgan fingerprint density at radius 3 is 2.79 bits per heavy atom. The summed E-state index contributed by atoms with van der Waals surface area (Å²) in [5.41, 5.74) is 6.56. The highest BCUT2D eigenvalue weighted by atomic mass is 16.5. The predicted molar refractivity (Wildman–Crippen MR) is 57.8 cm³/mol. The molecule has 0 amide bonds. The van der Waals surface area contributed by atoms with E-state index in [1.54, 1.807) is 6.20 Å². The Balaban J connectivity index is 2.58. The SMILES string of the molecule is CCC(C)(C)OCc1cccnc1N. The fraction of sp³-hybridized carbons (Fsp3) is 0.545. The third kappa shape index (κ3) is 3.00. The molecule has 1 rings (SSSR count). The van der Waals surface area contributed by atoms with Crippen molar-refractivity contribution in [2.24, 2.45) is 0 Å². The third-order valence-corrected chi connectivity index (χ3v) is 2.40. The fourth-order valence-corrected chi connectivity index (χ4v) is 0.948. The number of nitrogen functional groups attached to an aromatic ring is 1. The zero-order valence-electron chi connectivity index (χ0n) is 9.08. The highest BCUT2D eigenvalue weighted by molar-refractivity contribution is 5.37. The molecule has 0 atom stereocenters. The van der Waals surface area contributed by atoms with Crippen molar-refractivity contribution >= 4 is 5.82 Å². The molecule has 1 aromatic rings. The van der Waals surface area contributed by atoms with Gasteiger partial charge in [0.15, 0.2) is 0 Å². The Morgan fingerprint density at radius 1 is 1.50 bits per heavy atom. The van der Waals surface area contributed by atoms with E-state index in [9.17, 15) is 0 Å². The van der Waals surface area contributed by atoms with Crippen molar-refractivity contribution in [2.75, 3.05) is 5.73 Å². The first-order chi connectivity index (χ1) is 6.55. The number of nitrogens with zero attached hydrogens (tertiary/aromatic N) is 1. The Kier molecular flexibility index (Phi) is 3.47. The molecule has 0 aliphatic rings. The number of ether oxygens (including phenoxy) is 1. The van der Waals surface area contributed by atoms with Crippen LogP contribution in [0, 0.1) is 0 Å². The van der Waals surface area contributed by atoms with Gasteiger partial charge in [0, 0.05) is 11.8 Å². The molecule has 3 heteroatoms. The second kappa shape index (κ2) is 4.42. The normalized spacial score (nSPS) is 11.6. The Bertz CT molecular complexity index is 297. The van der Waals surface area contributed by atoms with Crippen LogP contribution in [0.15, 0.2) is 18.3 Å². The van der Waals surface area contributed by atoms with E-state index in [-0.39, 0.29) is 5.60 Å². The van der Waals surface area contributed by atoms with Gasteiger partial charge in [-0.1, -0.05) is 13.0 Å². The van der Waals surface area contributed by atoms with E-state index in [1.807, 2.05) is 12.1 Å². The molecule has 3 nitrogen and oxygen atoms in total. The minimum Gasteiger partial charge on any atom is -0.383 e. The minimum absolute atomic E-state index is 0.0950. The average Bonchev–Trinajstić information content (AvgIpc) is 2.17. The molecule has 0 saturated heterocycles. The molecule has 2 N–H and O–H groups in total. The molecule has 0 saturated carbocycles. The summed E-state index contributed by atoms with van der Waals surface area (Å²) in [5.74, 6) is 0.555. The van der Waals surface area contributed by atoms with Crippen LogP contribution in [0.1, 0.15) is 32.8 Å². The molecular weight excluding hydrogens is 176 g/mol. The lowest BCUT2D eigenvalue weighted by molar-refractivity contribution is -0.0314. The molecule has 14 heavy (non-hydrogen) atoms. The summed E-state index contributed by atoms with van der Waals surface area (Å²) >= 11 is 0. The maximum absolute atomic E-state index is 5.73. The summed E-state index contributed by atoms with van der Waals surface area (Å²) in [4.78, 5) is 4.00.